The van der Waals surface area contributed by atoms with Gasteiger partial charge >= 0.3 is 0 Å². The van der Waals surface area contributed by atoms with Crippen molar-refractivity contribution < 1.29 is 10.2 Å². The maximum absolute atomic E-state index is 10.2. The highest BCUT2D eigenvalue weighted by molar-refractivity contribution is 5.43. The van der Waals surface area contributed by atoms with Gasteiger partial charge in [0.2, 0.25) is 0 Å². The maximum Gasteiger partial charge on any atom is 0.143 e. The molecule has 2 rings (SSSR count). The molecular weight excluding hydrogens is 218 g/mol. The average molecular weight is 237 g/mol. The van der Waals surface area contributed by atoms with E-state index < -0.39 is 0 Å². The monoisotopic (exact) mass is 237 g/mol. The van der Waals surface area contributed by atoms with E-state index in [0.717, 1.165) is 18.7 Å². The quantitative estimate of drug-likeness (QED) is 0.782. The zero-order valence-electron chi connectivity index (χ0n) is 10.5. The molecule has 1 aliphatic heterocycles. The Morgan fingerprint density at radius 3 is 2.47 bits per heavy atom. The number of rotatable bonds is 2. The van der Waals surface area contributed by atoms with Gasteiger partial charge in [-0.1, -0.05) is 0 Å². The smallest absolute Gasteiger partial charge is 0.143 e. The fourth-order valence-corrected chi connectivity index (χ4v) is 2.40. The number of aromatic nitrogens is 1. The van der Waals surface area contributed by atoms with Gasteiger partial charge in [0.15, 0.2) is 0 Å². The van der Waals surface area contributed by atoms with Gasteiger partial charge in [0.05, 0.1) is 18.5 Å². The predicted molar refractivity (Wildman–Crippen MR) is 64.6 cm³/mol. The Morgan fingerprint density at radius 2 is 1.94 bits per heavy atom. The van der Waals surface area contributed by atoms with Crippen LogP contribution in [0.3, 0.4) is 0 Å². The number of hydrogen-bond acceptors (Lipinski definition) is 5. The van der Waals surface area contributed by atoms with Crippen molar-refractivity contribution >= 4 is 0 Å². The van der Waals surface area contributed by atoms with Gasteiger partial charge in [-0.15, -0.1) is 0 Å². The van der Waals surface area contributed by atoms with E-state index in [1.807, 2.05) is 14.1 Å². The number of likely N-dealkylation sites (N-methyl/N-ethyl adjacent to an activating group) is 2. The van der Waals surface area contributed by atoms with Crippen LogP contribution in [-0.4, -0.2) is 52.2 Å². The number of aliphatic hydroxyl groups excluding tert-OH is 1. The first-order valence-corrected chi connectivity index (χ1v) is 5.75. The first kappa shape index (κ1) is 12.3. The first-order chi connectivity index (χ1) is 8.06. The second kappa shape index (κ2) is 4.60. The third-order valence-corrected chi connectivity index (χ3v) is 3.43. The fraction of sp³-hybridized carbons (Fsp3) is 0.583. The Morgan fingerprint density at radius 1 is 1.35 bits per heavy atom. The molecule has 0 atom stereocenters. The molecule has 0 amide bonds. The zero-order chi connectivity index (χ0) is 12.6. The van der Waals surface area contributed by atoms with Crippen molar-refractivity contribution in [2.75, 3.05) is 27.2 Å². The summed E-state index contributed by atoms with van der Waals surface area (Å²) >= 11 is 0. The highest BCUT2D eigenvalue weighted by atomic mass is 16.3. The fourth-order valence-electron chi connectivity index (χ4n) is 2.40. The molecule has 0 bridgehead atoms. The molecule has 2 heterocycles. The predicted octanol–water partition coefficient (Wildman–Crippen LogP) is 0.464. The van der Waals surface area contributed by atoms with E-state index in [2.05, 4.69) is 14.8 Å². The summed E-state index contributed by atoms with van der Waals surface area (Å²) in [6.07, 6.45) is 1.66. The highest BCUT2D eigenvalue weighted by Gasteiger charge is 2.32. The van der Waals surface area contributed by atoms with Crippen molar-refractivity contribution in [3.8, 4) is 5.75 Å². The van der Waals surface area contributed by atoms with Crippen LogP contribution in [0.25, 0.3) is 0 Å². The minimum atomic E-state index is -0.103. The lowest BCUT2D eigenvalue weighted by atomic mass is 10.0. The molecule has 5 heteroatoms. The van der Waals surface area contributed by atoms with Crippen LogP contribution in [0.1, 0.15) is 23.0 Å². The second-order valence-electron chi connectivity index (χ2n) is 4.62. The molecule has 0 aliphatic carbocycles. The molecule has 1 aromatic heterocycles. The molecule has 0 unspecified atom stereocenters. The summed E-state index contributed by atoms with van der Waals surface area (Å²) in [5.41, 5.74) is 2.08. The summed E-state index contributed by atoms with van der Waals surface area (Å²) < 4.78 is 0. The summed E-state index contributed by atoms with van der Waals surface area (Å²) in [6, 6.07) is 0. The van der Waals surface area contributed by atoms with Gasteiger partial charge in [0.25, 0.3) is 0 Å². The van der Waals surface area contributed by atoms with E-state index >= 15 is 0 Å². The molecule has 2 N–H and O–H groups in total. The van der Waals surface area contributed by atoms with Crippen molar-refractivity contribution in [2.24, 2.45) is 0 Å². The SMILES string of the molecule is Cc1ncc(CO)c(C2N(C)CCN2C)c1O. The van der Waals surface area contributed by atoms with Crippen LogP contribution in [0, 0.1) is 6.92 Å². The van der Waals surface area contributed by atoms with E-state index in [1.165, 1.54) is 0 Å². The zero-order valence-corrected chi connectivity index (χ0v) is 10.5. The summed E-state index contributed by atoms with van der Waals surface area (Å²) in [4.78, 5) is 8.41. The summed E-state index contributed by atoms with van der Waals surface area (Å²) in [6.45, 7) is 3.57. The maximum atomic E-state index is 10.2. The Bertz CT molecular complexity index is 412. The molecule has 94 valence electrons. The van der Waals surface area contributed by atoms with Crippen molar-refractivity contribution in [1.29, 1.82) is 0 Å². The van der Waals surface area contributed by atoms with Crippen LogP contribution >= 0.6 is 0 Å². The molecule has 0 spiro atoms. The molecule has 17 heavy (non-hydrogen) atoms. The number of aryl methyl sites for hydroxylation is 1. The molecular formula is C12H19N3O2. The number of pyridine rings is 1. The molecule has 1 saturated heterocycles. The number of hydrogen-bond donors (Lipinski definition) is 2. The topological polar surface area (TPSA) is 59.8 Å². The largest absolute Gasteiger partial charge is 0.506 e. The third-order valence-electron chi connectivity index (χ3n) is 3.43. The van der Waals surface area contributed by atoms with Crippen LogP contribution in [0.5, 0.6) is 5.75 Å². The Balaban J connectivity index is 2.52. The van der Waals surface area contributed by atoms with Crippen molar-refractivity contribution in [3.63, 3.8) is 0 Å². The van der Waals surface area contributed by atoms with E-state index in [1.54, 1.807) is 13.1 Å². The molecule has 1 fully saturated rings. The Labute approximate surface area is 101 Å². The number of aromatic hydroxyl groups is 1. The molecule has 5 nitrogen and oxygen atoms in total. The van der Waals surface area contributed by atoms with Gasteiger partial charge in [-0.05, 0) is 21.0 Å². The molecule has 0 aromatic carbocycles. The Kier molecular flexibility index (Phi) is 3.33. The van der Waals surface area contributed by atoms with Crippen LogP contribution in [0.15, 0.2) is 6.20 Å². The minimum absolute atomic E-state index is 0.0128. The second-order valence-corrected chi connectivity index (χ2v) is 4.62. The van der Waals surface area contributed by atoms with Crippen LogP contribution in [0.4, 0.5) is 0 Å². The normalized spacial score (nSPS) is 19.1. The van der Waals surface area contributed by atoms with Crippen LogP contribution < -0.4 is 0 Å². The van der Waals surface area contributed by atoms with E-state index in [0.29, 0.717) is 11.3 Å². The van der Waals surface area contributed by atoms with E-state index in [9.17, 15) is 10.2 Å². The van der Waals surface area contributed by atoms with Crippen molar-refractivity contribution in [1.82, 2.24) is 14.8 Å². The van der Waals surface area contributed by atoms with Crippen molar-refractivity contribution in [2.45, 2.75) is 19.7 Å². The molecule has 1 aromatic rings. The van der Waals surface area contributed by atoms with Gasteiger partial charge < -0.3 is 10.2 Å². The lowest BCUT2D eigenvalue weighted by molar-refractivity contribution is 0.180. The minimum Gasteiger partial charge on any atom is -0.506 e. The number of aliphatic hydroxyl groups is 1. The Hall–Kier alpha value is -1.17. The van der Waals surface area contributed by atoms with Gasteiger partial charge in [0.1, 0.15) is 5.75 Å². The van der Waals surface area contributed by atoms with Gasteiger partial charge in [0, 0.05) is 30.4 Å². The summed E-state index contributed by atoms with van der Waals surface area (Å²) in [5.74, 6) is 0.196. The van der Waals surface area contributed by atoms with Gasteiger partial charge in [-0.3, -0.25) is 14.8 Å². The standard InChI is InChI=1S/C12H19N3O2/c1-8-11(17)10(9(7-16)6-13-8)12-14(2)4-5-15(12)3/h6,12,16-17H,4-5,7H2,1-3H3. The van der Waals surface area contributed by atoms with Gasteiger partial charge in [-0.25, -0.2) is 0 Å². The molecule has 1 aliphatic rings. The lowest BCUT2D eigenvalue weighted by Crippen LogP contribution is -2.27. The first-order valence-electron chi connectivity index (χ1n) is 5.75. The average Bonchev–Trinajstić information content (AvgIpc) is 2.63. The van der Waals surface area contributed by atoms with Crippen LogP contribution in [0.2, 0.25) is 0 Å². The molecule has 0 radical (unpaired) electrons. The van der Waals surface area contributed by atoms with E-state index in [-0.39, 0.29) is 18.5 Å². The summed E-state index contributed by atoms with van der Waals surface area (Å²) in [7, 11) is 4.04. The van der Waals surface area contributed by atoms with Crippen molar-refractivity contribution in [3.05, 3.63) is 23.0 Å². The third kappa shape index (κ3) is 2.01. The lowest BCUT2D eigenvalue weighted by Gasteiger charge is -2.28. The molecule has 0 saturated carbocycles. The number of nitrogens with zero attached hydrogens (tertiary/aromatic N) is 3. The van der Waals surface area contributed by atoms with Crippen LogP contribution in [-0.2, 0) is 6.61 Å². The van der Waals surface area contributed by atoms with Gasteiger partial charge in [-0.2, -0.15) is 0 Å². The summed E-state index contributed by atoms with van der Waals surface area (Å²) in [5, 5.41) is 19.6. The highest BCUT2D eigenvalue weighted by Crippen LogP contribution is 2.36. The van der Waals surface area contributed by atoms with E-state index in [4.69, 9.17) is 0 Å².